The highest BCUT2D eigenvalue weighted by Gasteiger charge is 2.72. The van der Waals surface area contributed by atoms with Gasteiger partial charge in [-0.25, -0.2) is 12.7 Å². The van der Waals surface area contributed by atoms with Gasteiger partial charge in [0.1, 0.15) is 4.83 Å². The molecule has 4 rings (SSSR count). The van der Waals surface area contributed by atoms with Gasteiger partial charge < -0.3 is 0 Å². The first-order valence-electron chi connectivity index (χ1n) is 9.55. The molecule has 5 atom stereocenters. The van der Waals surface area contributed by atoms with Crippen molar-refractivity contribution in [3.63, 3.8) is 0 Å². The van der Waals surface area contributed by atoms with E-state index in [1.807, 2.05) is 0 Å². The molecular weight excluding hydrogens is 480 g/mol. The first kappa shape index (κ1) is 21.0. The molecule has 2 saturated carbocycles. The first-order chi connectivity index (χ1) is 13.5. The molecule has 1 aliphatic heterocycles. The van der Waals surface area contributed by atoms with Gasteiger partial charge in [0.05, 0.1) is 17.8 Å². The van der Waals surface area contributed by atoms with E-state index < -0.39 is 32.2 Å². The minimum absolute atomic E-state index is 0.00670. The summed E-state index contributed by atoms with van der Waals surface area (Å²) < 4.78 is 27.3. The molecule has 2 aliphatic carbocycles. The van der Waals surface area contributed by atoms with Crippen molar-refractivity contribution in [3.05, 3.63) is 45.3 Å². The molecule has 156 valence electrons. The molecule has 0 radical (unpaired) electrons. The molecule has 0 N–H and O–H groups in total. The number of hydrogen-bond acceptors (Lipinski definition) is 4. The van der Waals surface area contributed by atoms with E-state index in [-0.39, 0.29) is 17.2 Å². The molecular formula is C19H22BrClN4O3S. The highest BCUT2D eigenvalue weighted by atomic mass is 79.9. The predicted molar refractivity (Wildman–Crippen MR) is 114 cm³/mol. The van der Waals surface area contributed by atoms with E-state index in [4.69, 9.17) is 17.1 Å². The summed E-state index contributed by atoms with van der Waals surface area (Å²) in [6, 6.07) is 5.41. The quantitative estimate of drug-likeness (QED) is 0.256. The number of benzene rings is 1. The zero-order valence-corrected chi connectivity index (χ0v) is 19.3. The normalized spacial score (nSPS) is 33.0. The summed E-state index contributed by atoms with van der Waals surface area (Å²) in [7, 11) is -3.74. The average molecular weight is 502 g/mol. The maximum absolute atomic E-state index is 13.4. The van der Waals surface area contributed by atoms with Crippen molar-refractivity contribution in [3.8, 4) is 0 Å². The molecule has 3 aliphatic rings. The van der Waals surface area contributed by atoms with Crippen molar-refractivity contribution < 1.29 is 13.2 Å². The molecule has 7 nitrogen and oxygen atoms in total. The fraction of sp³-hybridized carbons (Fsp3) is 0.632. The molecule has 1 spiro atoms. The van der Waals surface area contributed by atoms with Crippen LogP contribution in [0.15, 0.2) is 29.4 Å². The number of amides is 1. The van der Waals surface area contributed by atoms with Crippen molar-refractivity contribution in [1.29, 1.82) is 0 Å². The molecule has 0 aromatic heterocycles. The third kappa shape index (κ3) is 2.92. The lowest BCUT2D eigenvalue weighted by Gasteiger charge is -2.37. The molecule has 1 heterocycles. The minimum Gasteiger partial charge on any atom is -0.272 e. The van der Waals surface area contributed by atoms with Crippen LogP contribution in [0.3, 0.4) is 0 Å². The lowest BCUT2D eigenvalue weighted by molar-refractivity contribution is -0.128. The molecule has 0 unspecified atom stereocenters. The second-order valence-electron chi connectivity index (χ2n) is 8.86. The SMILES string of the molecule is CC1(C)[C@@H]2CC[C@]13CS(=O)(=O)N(C(=O)[C@H](Br)[C@H](N=[N+]=[N-])c1ccc(Cl)cc1)[C@@H]3C2. The van der Waals surface area contributed by atoms with Gasteiger partial charge in [-0.15, -0.1) is 0 Å². The van der Waals surface area contributed by atoms with Crippen LogP contribution >= 0.6 is 27.5 Å². The molecule has 1 aromatic rings. The van der Waals surface area contributed by atoms with Crippen molar-refractivity contribution in [1.82, 2.24) is 4.31 Å². The molecule has 1 aromatic carbocycles. The van der Waals surface area contributed by atoms with Crippen LogP contribution in [0, 0.1) is 16.7 Å². The van der Waals surface area contributed by atoms with Crippen LogP contribution in [0.5, 0.6) is 0 Å². The van der Waals surface area contributed by atoms with Crippen LogP contribution in [0.1, 0.15) is 44.7 Å². The van der Waals surface area contributed by atoms with Crippen LogP contribution in [-0.2, 0) is 14.8 Å². The van der Waals surface area contributed by atoms with Gasteiger partial charge in [-0.05, 0) is 53.8 Å². The van der Waals surface area contributed by atoms with Crippen LogP contribution in [-0.4, -0.2) is 35.3 Å². The molecule has 1 saturated heterocycles. The Labute approximate surface area is 183 Å². The zero-order valence-electron chi connectivity index (χ0n) is 16.1. The van der Waals surface area contributed by atoms with Crippen LogP contribution < -0.4 is 0 Å². The number of sulfonamides is 1. The van der Waals surface area contributed by atoms with Gasteiger partial charge in [0.15, 0.2) is 0 Å². The second kappa shape index (κ2) is 6.87. The number of alkyl halides is 1. The number of azide groups is 1. The topological polar surface area (TPSA) is 103 Å². The Balaban J connectivity index is 1.70. The fourth-order valence-corrected chi connectivity index (χ4v) is 9.30. The van der Waals surface area contributed by atoms with E-state index in [2.05, 4.69) is 39.8 Å². The maximum Gasteiger partial charge on any atom is 0.250 e. The zero-order chi connectivity index (χ0) is 21.2. The van der Waals surface area contributed by atoms with Gasteiger partial charge in [-0.1, -0.05) is 58.6 Å². The van der Waals surface area contributed by atoms with E-state index in [1.165, 1.54) is 0 Å². The van der Waals surface area contributed by atoms with Crippen molar-refractivity contribution in [2.75, 3.05) is 5.75 Å². The summed E-state index contributed by atoms with van der Waals surface area (Å²) >= 11 is 9.28. The van der Waals surface area contributed by atoms with Gasteiger partial charge in [0.25, 0.3) is 5.91 Å². The first-order valence-corrected chi connectivity index (χ1v) is 12.4. The Morgan fingerprint density at radius 1 is 1.38 bits per heavy atom. The van der Waals surface area contributed by atoms with Gasteiger partial charge in [0, 0.05) is 15.3 Å². The highest BCUT2D eigenvalue weighted by molar-refractivity contribution is 9.10. The summed E-state index contributed by atoms with van der Waals surface area (Å²) in [5.74, 6) is -0.147. The maximum atomic E-state index is 13.4. The summed E-state index contributed by atoms with van der Waals surface area (Å²) in [4.78, 5) is 15.3. The fourth-order valence-electron chi connectivity index (χ4n) is 5.85. The Bertz CT molecular complexity index is 1010. The molecule has 10 heteroatoms. The monoisotopic (exact) mass is 500 g/mol. The number of carbonyl (C=O) groups is 1. The van der Waals surface area contributed by atoms with E-state index in [0.717, 1.165) is 17.1 Å². The van der Waals surface area contributed by atoms with E-state index in [1.54, 1.807) is 24.3 Å². The molecule has 3 fully saturated rings. The third-order valence-electron chi connectivity index (χ3n) is 7.53. The van der Waals surface area contributed by atoms with Crippen LogP contribution in [0.4, 0.5) is 0 Å². The number of halogens is 2. The van der Waals surface area contributed by atoms with Crippen molar-refractivity contribution in [2.24, 2.45) is 21.9 Å². The predicted octanol–water partition coefficient (Wildman–Crippen LogP) is 4.82. The van der Waals surface area contributed by atoms with Gasteiger partial charge >= 0.3 is 0 Å². The van der Waals surface area contributed by atoms with E-state index >= 15 is 0 Å². The number of carbonyl (C=O) groups excluding carboxylic acids is 1. The molecule has 2 bridgehead atoms. The third-order valence-corrected chi connectivity index (χ3v) is 10.6. The second-order valence-corrected chi connectivity index (χ2v) is 12.1. The Kier molecular flexibility index (Phi) is 4.97. The van der Waals surface area contributed by atoms with Crippen LogP contribution in [0.25, 0.3) is 10.4 Å². The average Bonchev–Trinajstić information content (AvgIpc) is 3.13. The molecule has 29 heavy (non-hydrogen) atoms. The Morgan fingerprint density at radius 3 is 2.62 bits per heavy atom. The van der Waals surface area contributed by atoms with E-state index in [0.29, 0.717) is 22.9 Å². The largest absolute Gasteiger partial charge is 0.272 e. The van der Waals surface area contributed by atoms with Crippen molar-refractivity contribution in [2.45, 2.75) is 50.0 Å². The lowest BCUT2D eigenvalue weighted by Crippen LogP contribution is -2.47. The van der Waals surface area contributed by atoms with Crippen LogP contribution in [0.2, 0.25) is 5.02 Å². The summed E-state index contributed by atoms with van der Waals surface area (Å²) in [6.07, 6.45) is 2.53. The number of fused-ring (bicyclic) bond motifs is 1. The smallest absolute Gasteiger partial charge is 0.250 e. The van der Waals surface area contributed by atoms with Gasteiger partial charge in [-0.2, -0.15) is 0 Å². The Morgan fingerprint density at radius 2 is 2.03 bits per heavy atom. The summed E-state index contributed by atoms with van der Waals surface area (Å²) in [5, 5.41) is 4.29. The lowest BCUT2D eigenvalue weighted by atomic mass is 9.69. The molecule has 1 amide bonds. The van der Waals surface area contributed by atoms with Gasteiger partial charge in [-0.3, -0.25) is 4.79 Å². The number of hydrogen-bond donors (Lipinski definition) is 0. The Hall–Kier alpha value is -1.28. The highest BCUT2D eigenvalue weighted by Crippen LogP contribution is 2.70. The standard InChI is InChI=1S/C19H22BrClN4O3S/c1-18(2)12-7-8-19(18)10-29(27,28)25(14(19)9-12)17(26)15(20)16(23-24-22)11-3-5-13(21)6-4-11/h3-6,12,14-16H,7-10H2,1-2H3/t12-,14-,15-,16-,19-/m1/s1. The van der Waals surface area contributed by atoms with Gasteiger partial charge in [0.2, 0.25) is 10.0 Å². The summed E-state index contributed by atoms with van der Waals surface area (Å²) in [5.41, 5.74) is 9.09. The van der Waals surface area contributed by atoms with E-state index in [9.17, 15) is 13.2 Å². The number of nitrogens with zero attached hydrogens (tertiary/aromatic N) is 4. The summed E-state index contributed by atoms with van der Waals surface area (Å²) in [6.45, 7) is 4.27. The minimum atomic E-state index is -3.74. The van der Waals surface area contributed by atoms with Crippen molar-refractivity contribution >= 4 is 43.5 Å². The number of rotatable bonds is 4.